The van der Waals surface area contributed by atoms with E-state index in [2.05, 4.69) is 15.6 Å². The van der Waals surface area contributed by atoms with Crippen LogP contribution in [0.3, 0.4) is 0 Å². The molecule has 126 valence electrons. The van der Waals surface area contributed by atoms with Crippen LogP contribution in [0.25, 0.3) is 0 Å². The summed E-state index contributed by atoms with van der Waals surface area (Å²) < 4.78 is 5.10. The van der Waals surface area contributed by atoms with Crippen molar-refractivity contribution in [3.63, 3.8) is 0 Å². The Morgan fingerprint density at radius 3 is 2.32 bits per heavy atom. The first-order chi connectivity index (χ1) is 12.2. The van der Waals surface area contributed by atoms with Gasteiger partial charge in [-0.15, -0.1) is 0 Å². The second-order valence-electron chi connectivity index (χ2n) is 5.55. The molecule has 25 heavy (non-hydrogen) atoms. The predicted molar refractivity (Wildman–Crippen MR) is 99.6 cm³/mol. The van der Waals surface area contributed by atoms with Crippen molar-refractivity contribution >= 4 is 23.0 Å². The van der Waals surface area contributed by atoms with E-state index in [9.17, 15) is 4.79 Å². The molecule has 0 spiro atoms. The highest BCUT2D eigenvalue weighted by Gasteiger charge is 2.08. The Morgan fingerprint density at radius 2 is 1.68 bits per heavy atom. The van der Waals surface area contributed by atoms with Crippen molar-refractivity contribution in [1.29, 1.82) is 0 Å². The van der Waals surface area contributed by atoms with E-state index >= 15 is 0 Å². The Morgan fingerprint density at radius 1 is 0.960 bits per heavy atom. The number of carbonyl (C=O) groups excluding carboxylic acids is 1. The first-order valence-electron chi connectivity index (χ1n) is 7.90. The zero-order chi connectivity index (χ0) is 17.6. The van der Waals surface area contributed by atoms with Gasteiger partial charge in [0.05, 0.1) is 19.0 Å². The number of carbonyl (C=O) groups is 1. The molecule has 0 unspecified atom stereocenters. The zero-order valence-electron chi connectivity index (χ0n) is 14.1. The van der Waals surface area contributed by atoms with Crippen LogP contribution in [0.4, 0.5) is 17.1 Å². The summed E-state index contributed by atoms with van der Waals surface area (Å²) >= 11 is 0. The number of benzene rings is 2. The van der Waals surface area contributed by atoms with E-state index in [0.29, 0.717) is 11.4 Å². The van der Waals surface area contributed by atoms with Crippen molar-refractivity contribution in [2.24, 2.45) is 0 Å². The highest BCUT2D eigenvalue weighted by atomic mass is 16.5. The van der Waals surface area contributed by atoms with Gasteiger partial charge >= 0.3 is 0 Å². The number of anilines is 3. The van der Waals surface area contributed by atoms with Crippen molar-refractivity contribution < 1.29 is 9.53 Å². The Hall–Kier alpha value is -3.34. The van der Waals surface area contributed by atoms with Crippen LogP contribution in [-0.4, -0.2) is 18.0 Å². The van der Waals surface area contributed by atoms with Gasteiger partial charge in [0.2, 0.25) is 0 Å². The summed E-state index contributed by atoms with van der Waals surface area (Å²) in [6.45, 7) is 2.03. The topological polar surface area (TPSA) is 63.2 Å². The number of nitrogens with one attached hydrogen (secondary N) is 2. The second kappa shape index (κ2) is 7.49. The Bertz CT molecular complexity index is 859. The van der Waals surface area contributed by atoms with E-state index < -0.39 is 0 Å². The fourth-order valence-corrected chi connectivity index (χ4v) is 2.34. The molecular formula is C20H19N3O2. The standard InChI is InChI=1S/C20H19N3O2/c1-14-5-3-4-6-18(14)22-16-9-12-19(21-13-16)20(24)23-15-7-10-17(25-2)11-8-15/h3-13,22H,1-2H3,(H,23,24). The molecule has 0 fully saturated rings. The van der Waals surface area contributed by atoms with Crippen LogP contribution in [-0.2, 0) is 0 Å². The first kappa shape index (κ1) is 16.5. The normalized spacial score (nSPS) is 10.2. The number of hydrogen-bond donors (Lipinski definition) is 2. The van der Waals surface area contributed by atoms with Gasteiger partial charge in [-0.25, -0.2) is 4.98 Å². The Kier molecular flexibility index (Phi) is 4.95. The number of pyridine rings is 1. The molecule has 3 rings (SSSR count). The third-order valence-electron chi connectivity index (χ3n) is 3.77. The molecule has 2 N–H and O–H groups in total. The maximum absolute atomic E-state index is 12.3. The molecule has 2 aromatic carbocycles. The van der Waals surface area contributed by atoms with E-state index in [1.54, 1.807) is 43.6 Å². The van der Waals surface area contributed by atoms with Crippen LogP contribution in [0.2, 0.25) is 0 Å². The predicted octanol–water partition coefficient (Wildman–Crippen LogP) is 4.39. The number of para-hydroxylation sites is 1. The highest BCUT2D eigenvalue weighted by molar-refractivity contribution is 6.03. The smallest absolute Gasteiger partial charge is 0.274 e. The van der Waals surface area contributed by atoms with Gasteiger partial charge in [0, 0.05) is 11.4 Å². The summed E-state index contributed by atoms with van der Waals surface area (Å²) in [5, 5.41) is 6.10. The van der Waals surface area contributed by atoms with Crippen LogP contribution in [0.5, 0.6) is 5.75 Å². The maximum atomic E-state index is 12.3. The lowest BCUT2D eigenvalue weighted by Gasteiger charge is -2.10. The van der Waals surface area contributed by atoms with E-state index in [1.807, 2.05) is 37.3 Å². The fourth-order valence-electron chi connectivity index (χ4n) is 2.34. The third-order valence-corrected chi connectivity index (χ3v) is 3.77. The SMILES string of the molecule is COc1ccc(NC(=O)c2ccc(Nc3ccccc3C)cn2)cc1. The van der Waals surface area contributed by atoms with Crippen LogP contribution in [0.1, 0.15) is 16.1 Å². The number of rotatable bonds is 5. The summed E-state index contributed by atoms with van der Waals surface area (Å²) in [6.07, 6.45) is 1.65. The van der Waals surface area contributed by atoms with E-state index in [1.165, 1.54) is 0 Å². The molecule has 3 aromatic rings. The van der Waals surface area contributed by atoms with Gasteiger partial charge in [0.1, 0.15) is 11.4 Å². The average Bonchev–Trinajstić information content (AvgIpc) is 2.65. The highest BCUT2D eigenvalue weighted by Crippen LogP contribution is 2.20. The minimum atomic E-state index is -0.257. The molecule has 0 saturated heterocycles. The van der Waals surface area contributed by atoms with Crippen LogP contribution >= 0.6 is 0 Å². The number of aryl methyl sites for hydroxylation is 1. The summed E-state index contributed by atoms with van der Waals surface area (Å²) in [6, 6.07) is 18.7. The van der Waals surface area contributed by atoms with Gasteiger partial charge in [-0.2, -0.15) is 0 Å². The van der Waals surface area contributed by atoms with E-state index in [4.69, 9.17) is 4.74 Å². The quantitative estimate of drug-likeness (QED) is 0.727. The maximum Gasteiger partial charge on any atom is 0.274 e. The van der Waals surface area contributed by atoms with Crippen molar-refractivity contribution in [2.45, 2.75) is 6.92 Å². The molecule has 0 bridgehead atoms. The van der Waals surface area contributed by atoms with Crippen molar-refractivity contribution in [3.8, 4) is 5.75 Å². The second-order valence-corrected chi connectivity index (χ2v) is 5.55. The fraction of sp³-hybridized carbons (Fsp3) is 0.100. The van der Waals surface area contributed by atoms with Crippen LogP contribution in [0.15, 0.2) is 66.9 Å². The molecule has 0 atom stereocenters. The number of aromatic nitrogens is 1. The molecule has 0 aliphatic heterocycles. The van der Waals surface area contributed by atoms with Gasteiger partial charge in [0.15, 0.2) is 0 Å². The zero-order valence-corrected chi connectivity index (χ0v) is 14.1. The van der Waals surface area contributed by atoms with Gasteiger partial charge in [-0.1, -0.05) is 18.2 Å². The molecule has 1 amide bonds. The lowest BCUT2D eigenvalue weighted by molar-refractivity contribution is 0.102. The molecular weight excluding hydrogens is 314 g/mol. The number of ether oxygens (including phenoxy) is 1. The Labute approximate surface area is 146 Å². The molecule has 1 aromatic heterocycles. The van der Waals surface area contributed by atoms with E-state index in [0.717, 1.165) is 22.7 Å². The van der Waals surface area contributed by atoms with Gasteiger partial charge in [-0.05, 0) is 55.0 Å². The molecule has 5 nitrogen and oxygen atoms in total. The van der Waals surface area contributed by atoms with Crippen LogP contribution in [0, 0.1) is 6.92 Å². The molecule has 5 heteroatoms. The Balaban J connectivity index is 1.66. The molecule has 0 radical (unpaired) electrons. The van der Waals surface area contributed by atoms with E-state index in [-0.39, 0.29) is 5.91 Å². The third kappa shape index (κ3) is 4.14. The van der Waals surface area contributed by atoms with Gasteiger partial charge < -0.3 is 15.4 Å². The number of hydrogen-bond acceptors (Lipinski definition) is 4. The molecule has 0 aliphatic rings. The van der Waals surface area contributed by atoms with Gasteiger partial charge in [0.25, 0.3) is 5.91 Å². The largest absolute Gasteiger partial charge is 0.497 e. The monoisotopic (exact) mass is 333 g/mol. The number of amides is 1. The minimum absolute atomic E-state index is 0.257. The summed E-state index contributed by atoms with van der Waals surface area (Å²) in [4.78, 5) is 16.5. The van der Waals surface area contributed by atoms with Crippen molar-refractivity contribution in [2.75, 3.05) is 17.7 Å². The number of methoxy groups -OCH3 is 1. The molecule has 0 aliphatic carbocycles. The summed E-state index contributed by atoms with van der Waals surface area (Å²) in [5.41, 5.74) is 4.03. The van der Waals surface area contributed by atoms with Crippen LogP contribution < -0.4 is 15.4 Å². The number of nitrogens with zero attached hydrogens (tertiary/aromatic N) is 1. The summed E-state index contributed by atoms with van der Waals surface area (Å²) in [5.74, 6) is 0.482. The minimum Gasteiger partial charge on any atom is -0.497 e. The van der Waals surface area contributed by atoms with Crippen molar-refractivity contribution in [1.82, 2.24) is 4.98 Å². The lowest BCUT2D eigenvalue weighted by Crippen LogP contribution is -2.13. The first-order valence-corrected chi connectivity index (χ1v) is 7.90. The van der Waals surface area contributed by atoms with Crippen molar-refractivity contribution in [3.05, 3.63) is 78.1 Å². The molecule has 1 heterocycles. The molecule has 0 saturated carbocycles. The van der Waals surface area contributed by atoms with Gasteiger partial charge in [-0.3, -0.25) is 4.79 Å². The summed E-state index contributed by atoms with van der Waals surface area (Å²) in [7, 11) is 1.60. The lowest BCUT2D eigenvalue weighted by atomic mass is 10.2. The average molecular weight is 333 g/mol.